The van der Waals surface area contributed by atoms with E-state index in [1.807, 2.05) is 24.3 Å². The number of hydrogen-bond acceptors (Lipinski definition) is 15. The van der Waals surface area contributed by atoms with Gasteiger partial charge >= 0.3 is 6.18 Å². The summed E-state index contributed by atoms with van der Waals surface area (Å²) in [5.41, 5.74) is -0.0256. The molecule has 0 aliphatic carbocycles. The summed E-state index contributed by atoms with van der Waals surface area (Å²) < 4.78 is 101. The molecule has 0 radical (unpaired) electrons. The van der Waals surface area contributed by atoms with Crippen LogP contribution in [0.15, 0.2) is 130 Å². The molecule has 19 nitrogen and oxygen atoms in total. The number of nitro groups is 2. The number of nitro benzene ring substituents is 2. The molecule has 4 aromatic carbocycles. The second-order valence-electron chi connectivity index (χ2n) is 16.8. The van der Waals surface area contributed by atoms with Gasteiger partial charge in [0.25, 0.3) is 43.2 Å². The number of methoxy groups -OCH3 is 1. The fourth-order valence-electron chi connectivity index (χ4n) is 8.04. The minimum absolute atomic E-state index is 0.0311. The van der Waals surface area contributed by atoms with E-state index in [-0.39, 0.29) is 74.9 Å². The van der Waals surface area contributed by atoms with E-state index < -0.39 is 53.4 Å². The zero-order chi connectivity index (χ0) is 53.2. The van der Waals surface area contributed by atoms with Gasteiger partial charge in [-0.1, -0.05) is 36.4 Å². The quantitative estimate of drug-likeness (QED) is 0.0493. The predicted octanol–water partition coefficient (Wildman–Crippen LogP) is 8.73. The number of nitrogens with zero attached hydrogens (tertiary/aromatic N) is 4. The standard InChI is InChI=1S/C24H23F3N4O5S2.C24H26N4O6S2/c25-24(26,27)20-6-1-2-7-21(20)29-17-10-12-30(13-11-17)38(35,36)22-9-8-19(37-22)15-28-23(32)16-4-3-5-18(14-16)31(33)34;1-34-22-8-3-2-7-21(22)26-18-11-13-27(14-12-18)36(32,33)23-10-9-20(35-23)16-25-24(29)17-5-4-6-19(15-17)28(30)31/h1-9,14,17,29H,10-13,15H2,(H,28,32);2-10,15,18,26H,11-14,16H2,1H3,(H,25,29). The second kappa shape index (κ2) is 23.9. The van der Waals surface area contributed by atoms with Crippen molar-refractivity contribution in [3.8, 4) is 5.75 Å². The zero-order valence-electron chi connectivity index (χ0n) is 39.3. The largest absolute Gasteiger partial charge is 0.495 e. The highest BCUT2D eigenvalue weighted by atomic mass is 32.3. The van der Waals surface area contributed by atoms with Crippen molar-refractivity contribution in [3.63, 3.8) is 0 Å². The maximum Gasteiger partial charge on any atom is 0.418 e. The average molecular weight is 1100 g/mol. The van der Waals surface area contributed by atoms with E-state index in [1.54, 1.807) is 25.3 Å². The lowest BCUT2D eigenvalue weighted by molar-refractivity contribution is -0.385. The molecule has 392 valence electrons. The van der Waals surface area contributed by atoms with Gasteiger partial charge in [-0.15, -0.1) is 22.7 Å². The molecule has 4 N–H and O–H groups in total. The van der Waals surface area contributed by atoms with Crippen LogP contribution in [-0.4, -0.2) is 92.5 Å². The lowest BCUT2D eigenvalue weighted by Gasteiger charge is -2.32. The van der Waals surface area contributed by atoms with Gasteiger partial charge in [0, 0.05) is 89.1 Å². The second-order valence-corrected chi connectivity index (χ2v) is 23.5. The van der Waals surface area contributed by atoms with E-state index in [9.17, 15) is 59.8 Å². The maximum atomic E-state index is 13.3. The van der Waals surface area contributed by atoms with Crippen LogP contribution in [0.1, 0.15) is 61.7 Å². The summed E-state index contributed by atoms with van der Waals surface area (Å²) >= 11 is 2.10. The molecule has 8 rings (SSSR count). The number of anilines is 2. The normalized spacial score (nSPS) is 15.0. The molecule has 0 spiro atoms. The van der Waals surface area contributed by atoms with Gasteiger partial charge < -0.3 is 26.0 Å². The molecule has 2 saturated heterocycles. The average Bonchev–Trinajstić information content (AvgIpc) is 4.10. The third-order valence-electron chi connectivity index (χ3n) is 11.9. The molecule has 4 heterocycles. The molecule has 26 heteroatoms. The lowest BCUT2D eigenvalue weighted by atomic mass is 10.0. The summed E-state index contributed by atoms with van der Waals surface area (Å²) in [6.07, 6.45) is -2.50. The van der Waals surface area contributed by atoms with Gasteiger partial charge in [0.1, 0.15) is 14.2 Å². The van der Waals surface area contributed by atoms with Crippen molar-refractivity contribution >= 4 is 77.3 Å². The zero-order valence-corrected chi connectivity index (χ0v) is 42.6. The van der Waals surface area contributed by atoms with Crippen LogP contribution in [0.3, 0.4) is 0 Å². The van der Waals surface area contributed by atoms with E-state index in [1.165, 1.54) is 75.3 Å². The number of thiophene rings is 2. The molecule has 2 amide bonds. The van der Waals surface area contributed by atoms with Crippen LogP contribution in [0.25, 0.3) is 0 Å². The van der Waals surface area contributed by atoms with Crippen LogP contribution in [-0.2, 0) is 39.3 Å². The number of benzene rings is 4. The number of rotatable bonds is 17. The van der Waals surface area contributed by atoms with E-state index in [4.69, 9.17) is 4.74 Å². The summed E-state index contributed by atoms with van der Waals surface area (Å²) in [7, 11) is -5.85. The highest BCUT2D eigenvalue weighted by molar-refractivity contribution is 7.91. The first kappa shape index (κ1) is 54.8. The number of carbonyl (C=O) groups excluding carboxylic acids is 2. The Morgan fingerprint density at radius 1 is 0.622 bits per heavy atom. The van der Waals surface area contributed by atoms with E-state index >= 15 is 0 Å². The minimum atomic E-state index is -4.50. The van der Waals surface area contributed by atoms with Crippen molar-refractivity contribution in [1.29, 1.82) is 0 Å². The van der Waals surface area contributed by atoms with Crippen LogP contribution in [0, 0.1) is 20.2 Å². The van der Waals surface area contributed by atoms with Gasteiger partial charge in [-0.05, 0) is 86.3 Å². The van der Waals surface area contributed by atoms with Crippen molar-refractivity contribution < 1.29 is 54.2 Å². The van der Waals surface area contributed by atoms with Crippen molar-refractivity contribution in [3.05, 3.63) is 168 Å². The number of piperidine rings is 2. The number of amides is 2. The van der Waals surface area contributed by atoms with E-state index in [0.29, 0.717) is 48.5 Å². The summed E-state index contributed by atoms with van der Waals surface area (Å²) in [6.45, 7) is 1.23. The Kier molecular flexibility index (Phi) is 17.7. The molecule has 0 atom stereocenters. The summed E-state index contributed by atoms with van der Waals surface area (Å²) in [6, 6.07) is 29.6. The third kappa shape index (κ3) is 13.8. The number of para-hydroxylation sites is 3. The van der Waals surface area contributed by atoms with Gasteiger partial charge in [-0.25, -0.2) is 16.8 Å². The number of halogens is 3. The first-order chi connectivity index (χ1) is 35.2. The van der Waals surface area contributed by atoms with Crippen LogP contribution in [0.5, 0.6) is 5.75 Å². The molecular formula is C48H49F3N8O11S4. The Bertz CT molecular complexity index is 3210. The molecule has 2 aromatic heterocycles. The fraction of sp³-hybridized carbons (Fsp3) is 0.292. The van der Waals surface area contributed by atoms with Gasteiger partial charge in [-0.2, -0.15) is 21.8 Å². The molecule has 2 aliphatic rings. The van der Waals surface area contributed by atoms with Crippen LogP contribution < -0.4 is 26.0 Å². The molecular weight excluding hydrogens is 1050 g/mol. The van der Waals surface area contributed by atoms with Gasteiger partial charge in [-0.3, -0.25) is 29.8 Å². The van der Waals surface area contributed by atoms with Crippen molar-refractivity contribution in [1.82, 2.24) is 19.2 Å². The number of hydrogen-bond donors (Lipinski definition) is 4. The third-order valence-corrected chi connectivity index (χ3v) is 18.8. The van der Waals surface area contributed by atoms with Gasteiger partial charge in [0.2, 0.25) is 0 Å². The van der Waals surface area contributed by atoms with Gasteiger partial charge in [0.15, 0.2) is 0 Å². The van der Waals surface area contributed by atoms with Crippen LogP contribution in [0.2, 0.25) is 0 Å². The summed E-state index contributed by atoms with van der Waals surface area (Å²) in [5.74, 6) is -0.259. The minimum Gasteiger partial charge on any atom is -0.495 e. The maximum absolute atomic E-state index is 13.3. The molecule has 6 aromatic rings. The number of non-ortho nitro benzene ring substituents is 2. The molecule has 2 aliphatic heterocycles. The topological polar surface area (TPSA) is 253 Å². The Labute approximate surface area is 431 Å². The first-order valence-corrected chi connectivity index (χ1v) is 27.3. The lowest BCUT2D eigenvalue weighted by Crippen LogP contribution is -2.42. The Morgan fingerprint density at radius 3 is 1.47 bits per heavy atom. The van der Waals surface area contributed by atoms with Crippen LogP contribution >= 0.6 is 22.7 Å². The SMILES string of the molecule is COc1ccccc1NC1CCN(S(=O)(=O)c2ccc(CNC(=O)c3cccc([N+](=O)[O-])c3)s2)CC1.O=C(NCc1ccc(S(=O)(=O)N2CCC(Nc3ccccc3C(F)(F)F)CC2)s1)c1cccc([N+](=O)[O-])c1. The van der Waals surface area contributed by atoms with E-state index in [0.717, 1.165) is 46.2 Å². The number of nitrogens with one attached hydrogen (secondary N) is 4. The molecule has 0 bridgehead atoms. The highest BCUT2D eigenvalue weighted by Crippen LogP contribution is 2.36. The molecule has 2 fully saturated rings. The highest BCUT2D eigenvalue weighted by Gasteiger charge is 2.36. The first-order valence-electron chi connectivity index (χ1n) is 22.8. The fourth-order valence-corrected chi connectivity index (χ4v) is 13.9. The van der Waals surface area contributed by atoms with Crippen LogP contribution in [0.4, 0.5) is 35.9 Å². The van der Waals surface area contributed by atoms with E-state index in [2.05, 4.69) is 21.3 Å². The molecule has 0 unspecified atom stereocenters. The molecule has 0 saturated carbocycles. The smallest absolute Gasteiger partial charge is 0.418 e. The Morgan fingerprint density at radius 2 is 1.04 bits per heavy atom. The number of carbonyl (C=O) groups is 2. The monoisotopic (exact) mass is 1100 g/mol. The number of ether oxygens (including phenoxy) is 1. The van der Waals surface area contributed by atoms with Gasteiger partial charge in [0.05, 0.1) is 41.3 Å². The summed E-state index contributed by atoms with van der Waals surface area (Å²) in [5, 5.41) is 33.5. The Balaban J connectivity index is 0.000000217. The van der Waals surface area contributed by atoms with Crippen molar-refractivity contribution in [2.24, 2.45) is 0 Å². The Hall–Kier alpha value is -6.97. The molecule has 74 heavy (non-hydrogen) atoms. The predicted molar refractivity (Wildman–Crippen MR) is 272 cm³/mol. The van der Waals surface area contributed by atoms with Crippen molar-refractivity contribution in [2.75, 3.05) is 43.9 Å². The number of sulfonamides is 2. The number of alkyl halides is 3. The summed E-state index contributed by atoms with van der Waals surface area (Å²) in [4.78, 5) is 46.6. The van der Waals surface area contributed by atoms with Crippen molar-refractivity contribution in [2.45, 2.75) is 65.5 Å².